The quantitative estimate of drug-likeness (QED) is 0.837. The summed E-state index contributed by atoms with van der Waals surface area (Å²) in [4.78, 5) is 19.4. The van der Waals surface area contributed by atoms with Gasteiger partial charge in [0.05, 0.1) is 17.7 Å². The van der Waals surface area contributed by atoms with Crippen molar-refractivity contribution in [3.05, 3.63) is 40.6 Å². The fourth-order valence-electron chi connectivity index (χ4n) is 1.15. The Bertz CT molecular complexity index is 485. The number of aromatic nitrogens is 2. The first-order chi connectivity index (χ1) is 7.77. The van der Waals surface area contributed by atoms with Gasteiger partial charge in [-0.05, 0) is 12.1 Å². The fraction of sp³-hybridized carbons (Fsp3) is 0.100. The minimum Gasteiger partial charge on any atom is -0.505 e. The Balaban J connectivity index is 2.01. The molecule has 0 radical (unpaired) electrons. The molecule has 0 saturated heterocycles. The first-order valence-corrected chi connectivity index (χ1v) is 5.51. The Kier molecular flexibility index (Phi) is 3.11. The Morgan fingerprint density at radius 3 is 3.06 bits per heavy atom. The molecule has 2 rings (SSSR count). The average molecular weight is 235 g/mol. The lowest BCUT2D eigenvalue weighted by molar-refractivity contribution is 0.0942. The summed E-state index contributed by atoms with van der Waals surface area (Å²) in [5.74, 6) is -0.538. The molecular formula is C10H9N3O2S. The van der Waals surface area contributed by atoms with Gasteiger partial charge >= 0.3 is 0 Å². The number of carbonyl (C=O) groups excluding carboxylic acids is 1. The summed E-state index contributed by atoms with van der Waals surface area (Å²) in [5, 5.41) is 13.9. The summed E-state index contributed by atoms with van der Waals surface area (Å²) >= 11 is 1.46. The molecule has 0 aliphatic carbocycles. The average Bonchev–Trinajstić information content (AvgIpc) is 2.79. The third-order valence-corrected chi connectivity index (χ3v) is 2.55. The van der Waals surface area contributed by atoms with E-state index < -0.39 is 5.91 Å². The highest BCUT2D eigenvalue weighted by atomic mass is 32.1. The molecule has 2 aromatic rings. The topological polar surface area (TPSA) is 75.1 Å². The first-order valence-electron chi connectivity index (χ1n) is 4.56. The number of carbonyl (C=O) groups is 1. The summed E-state index contributed by atoms with van der Waals surface area (Å²) in [6.07, 6.45) is 1.46. The lowest BCUT2D eigenvalue weighted by Gasteiger charge is -2.03. The molecule has 1 amide bonds. The lowest BCUT2D eigenvalue weighted by Crippen LogP contribution is -2.23. The third kappa shape index (κ3) is 2.34. The molecule has 6 heteroatoms. The molecule has 2 aromatic heterocycles. The molecule has 16 heavy (non-hydrogen) atoms. The molecular weight excluding hydrogens is 226 g/mol. The van der Waals surface area contributed by atoms with Crippen molar-refractivity contribution in [1.29, 1.82) is 0 Å². The van der Waals surface area contributed by atoms with Crippen molar-refractivity contribution in [2.45, 2.75) is 6.54 Å². The van der Waals surface area contributed by atoms with E-state index in [4.69, 9.17) is 0 Å². The van der Waals surface area contributed by atoms with E-state index in [0.29, 0.717) is 6.54 Å². The molecule has 2 heterocycles. The van der Waals surface area contributed by atoms with Gasteiger partial charge in [-0.1, -0.05) is 0 Å². The summed E-state index contributed by atoms with van der Waals surface area (Å²) in [6.45, 7) is 0.332. The minimum atomic E-state index is -0.411. The Hall–Kier alpha value is -1.95. The zero-order chi connectivity index (χ0) is 11.4. The molecule has 0 aliphatic rings. The van der Waals surface area contributed by atoms with E-state index in [9.17, 15) is 9.90 Å². The molecule has 5 nitrogen and oxygen atoms in total. The van der Waals surface area contributed by atoms with Gasteiger partial charge in [0, 0.05) is 11.6 Å². The lowest BCUT2D eigenvalue weighted by atomic mass is 10.3. The van der Waals surface area contributed by atoms with Crippen LogP contribution in [0.5, 0.6) is 5.75 Å². The summed E-state index contributed by atoms with van der Waals surface area (Å²) in [5.41, 5.74) is 2.51. The van der Waals surface area contributed by atoms with Crippen LogP contribution in [0.15, 0.2) is 29.2 Å². The van der Waals surface area contributed by atoms with Crippen LogP contribution in [-0.4, -0.2) is 21.0 Å². The zero-order valence-corrected chi connectivity index (χ0v) is 9.07. The van der Waals surface area contributed by atoms with Crippen LogP contribution in [0.1, 0.15) is 16.2 Å². The van der Waals surface area contributed by atoms with Crippen LogP contribution in [0.25, 0.3) is 0 Å². The maximum absolute atomic E-state index is 11.6. The maximum Gasteiger partial charge on any atom is 0.274 e. The highest BCUT2D eigenvalue weighted by Gasteiger charge is 2.11. The van der Waals surface area contributed by atoms with Crippen molar-refractivity contribution in [1.82, 2.24) is 15.3 Å². The van der Waals surface area contributed by atoms with Gasteiger partial charge in [0.2, 0.25) is 0 Å². The van der Waals surface area contributed by atoms with Gasteiger partial charge in [-0.25, -0.2) is 9.97 Å². The molecule has 2 N–H and O–H groups in total. The first kappa shape index (κ1) is 10.6. The van der Waals surface area contributed by atoms with Crippen molar-refractivity contribution < 1.29 is 9.90 Å². The van der Waals surface area contributed by atoms with E-state index in [2.05, 4.69) is 15.3 Å². The number of pyridine rings is 1. The Labute approximate surface area is 95.8 Å². The van der Waals surface area contributed by atoms with E-state index in [1.807, 2.05) is 5.38 Å². The molecule has 0 atom stereocenters. The number of nitrogens with one attached hydrogen (secondary N) is 1. The van der Waals surface area contributed by atoms with Crippen LogP contribution in [0.2, 0.25) is 0 Å². The zero-order valence-electron chi connectivity index (χ0n) is 8.25. The standard InChI is InChI=1S/C10H9N3O2S/c14-8-2-1-3-11-9(8)10(15)12-4-7-5-16-6-13-7/h1-3,5-6,14H,4H2,(H,12,15). The predicted octanol–water partition coefficient (Wildman–Crippen LogP) is 1.17. The van der Waals surface area contributed by atoms with E-state index in [1.165, 1.54) is 23.6 Å². The second-order valence-electron chi connectivity index (χ2n) is 3.03. The van der Waals surface area contributed by atoms with Gasteiger partial charge in [-0.3, -0.25) is 4.79 Å². The largest absolute Gasteiger partial charge is 0.505 e. The normalized spacial score (nSPS) is 10.0. The van der Waals surface area contributed by atoms with Gasteiger partial charge in [0.15, 0.2) is 5.69 Å². The summed E-state index contributed by atoms with van der Waals surface area (Å²) in [6, 6.07) is 2.98. The van der Waals surface area contributed by atoms with Gasteiger partial charge in [0.25, 0.3) is 5.91 Å². The van der Waals surface area contributed by atoms with Crippen LogP contribution in [0, 0.1) is 0 Å². The Morgan fingerprint density at radius 2 is 2.38 bits per heavy atom. The van der Waals surface area contributed by atoms with E-state index in [1.54, 1.807) is 11.6 Å². The molecule has 0 spiro atoms. The molecule has 0 fully saturated rings. The van der Waals surface area contributed by atoms with Crippen LogP contribution in [-0.2, 0) is 6.54 Å². The van der Waals surface area contributed by atoms with E-state index in [0.717, 1.165) is 5.69 Å². The van der Waals surface area contributed by atoms with Crippen molar-refractivity contribution in [2.24, 2.45) is 0 Å². The minimum absolute atomic E-state index is 0.0257. The third-order valence-electron chi connectivity index (χ3n) is 1.92. The number of hydrogen-bond donors (Lipinski definition) is 2. The van der Waals surface area contributed by atoms with Crippen molar-refractivity contribution >= 4 is 17.2 Å². The van der Waals surface area contributed by atoms with E-state index >= 15 is 0 Å². The van der Waals surface area contributed by atoms with Gasteiger partial charge in [0.1, 0.15) is 5.75 Å². The monoisotopic (exact) mass is 235 g/mol. The van der Waals surface area contributed by atoms with Gasteiger partial charge in [-0.15, -0.1) is 11.3 Å². The van der Waals surface area contributed by atoms with Crippen LogP contribution in [0.4, 0.5) is 0 Å². The van der Waals surface area contributed by atoms with Crippen LogP contribution in [0.3, 0.4) is 0 Å². The smallest absolute Gasteiger partial charge is 0.274 e. The second kappa shape index (κ2) is 4.71. The molecule has 82 valence electrons. The number of thiazole rings is 1. The SMILES string of the molecule is O=C(NCc1cscn1)c1ncccc1O. The molecule has 0 aromatic carbocycles. The number of hydrogen-bond acceptors (Lipinski definition) is 5. The highest BCUT2D eigenvalue weighted by molar-refractivity contribution is 7.07. The molecule has 0 aliphatic heterocycles. The number of nitrogens with zero attached hydrogens (tertiary/aromatic N) is 2. The van der Waals surface area contributed by atoms with E-state index in [-0.39, 0.29) is 11.4 Å². The van der Waals surface area contributed by atoms with Crippen LogP contribution >= 0.6 is 11.3 Å². The number of rotatable bonds is 3. The predicted molar refractivity (Wildman–Crippen MR) is 59.2 cm³/mol. The Morgan fingerprint density at radius 1 is 1.50 bits per heavy atom. The van der Waals surface area contributed by atoms with Crippen molar-refractivity contribution in [3.8, 4) is 5.75 Å². The van der Waals surface area contributed by atoms with Crippen molar-refractivity contribution in [3.63, 3.8) is 0 Å². The summed E-state index contributed by atoms with van der Waals surface area (Å²) in [7, 11) is 0. The molecule has 0 saturated carbocycles. The van der Waals surface area contributed by atoms with Crippen molar-refractivity contribution in [2.75, 3.05) is 0 Å². The van der Waals surface area contributed by atoms with Gasteiger partial charge < -0.3 is 10.4 Å². The molecule has 0 unspecified atom stereocenters. The summed E-state index contributed by atoms with van der Waals surface area (Å²) < 4.78 is 0. The fourth-order valence-corrected chi connectivity index (χ4v) is 1.71. The number of aromatic hydroxyl groups is 1. The van der Waals surface area contributed by atoms with Crippen LogP contribution < -0.4 is 5.32 Å². The number of amides is 1. The maximum atomic E-state index is 11.6. The molecule has 0 bridgehead atoms. The highest BCUT2D eigenvalue weighted by Crippen LogP contribution is 2.12. The second-order valence-corrected chi connectivity index (χ2v) is 3.75. The van der Waals surface area contributed by atoms with Gasteiger partial charge in [-0.2, -0.15) is 0 Å².